The molecule has 0 saturated carbocycles. The first-order valence-corrected chi connectivity index (χ1v) is 11.5. The molecule has 1 atom stereocenters. The highest BCUT2D eigenvalue weighted by Crippen LogP contribution is 2.28. The van der Waals surface area contributed by atoms with Gasteiger partial charge in [-0.25, -0.2) is 4.98 Å². The average molecular weight is 460 g/mol. The minimum absolute atomic E-state index is 0.155. The predicted octanol–water partition coefficient (Wildman–Crippen LogP) is 5.13. The summed E-state index contributed by atoms with van der Waals surface area (Å²) < 4.78 is 6.84. The van der Waals surface area contributed by atoms with Crippen LogP contribution in [0.5, 0.6) is 5.75 Å². The number of nitrogens with one attached hydrogen (secondary N) is 1. The van der Waals surface area contributed by atoms with Crippen molar-refractivity contribution >= 4 is 34.3 Å². The monoisotopic (exact) mass is 459 g/mol. The van der Waals surface area contributed by atoms with Gasteiger partial charge in [-0.1, -0.05) is 42.1 Å². The van der Waals surface area contributed by atoms with E-state index in [1.165, 1.54) is 11.8 Å². The molecule has 1 amide bonds. The van der Waals surface area contributed by atoms with E-state index >= 15 is 0 Å². The largest absolute Gasteiger partial charge is 0.497 e. The van der Waals surface area contributed by atoms with Gasteiger partial charge < -0.3 is 10.1 Å². The maximum atomic E-state index is 13.5. The summed E-state index contributed by atoms with van der Waals surface area (Å²) in [6.45, 7) is 5.80. The Morgan fingerprint density at radius 2 is 1.82 bits per heavy atom. The van der Waals surface area contributed by atoms with Crippen LogP contribution in [0.2, 0.25) is 0 Å². The van der Waals surface area contributed by atoms with Gasteiger partial charge in [0.25, 0.3) is 5.56 Å². The van der Waals surface area contributed by atoms with Gasteiger partial charge in [-0.05, 0) is 62.2 Å². The van der Waals surface area contributed by atoms with Crippen molar-refractivity contribution in [3.05, 3.63) is 88.2 Å². The number of anilines is 1. The fourth-order valence-corrected chi connectivity index (χ4v) is 4.46. The van der Waals surface area contributed by atoms with Crippen LogP contribution >= 0.6 is 11.8 Å². The first-order chi connectivity index (χ1) is 15.9. The van der Waals surface area contributed by atoms with Crippen LogP contribution in [0.4, 0.5) is 5.69 Å². The van der Waals surface area contributed by atoms with Crippen LogP contribution < -0.4 is 15.6 Å². The van der Waals surface area contributed by atoms with Crippen molar-refractivity contribution in [2.75, 3.05) is 12.4 Å². The van der Waals surface area contributed by atoms with Gasteiger partial charge in [-0.2, -0.15) is 0 Å². The Morgan fingerprint density at radius 1 is 1.06 bits per heavy atom. The van der Waals surface area contributed by atoms with Crippen molar-refractivity contribution in [2.45, 2.75) is 31.2 Å². The molecule has 4 rings (SSSR count). The number of aromatic nitrogens is 2. The molecule has 1 aromatic heterocycles. The molecule has 33 heavy (non-hydrogen) atoms. The van der Waals surface area contributed by atoms with Crippen molar-refractivity contribution < 1.29 is 9.53 Å². The number of fused-ring (bicyclic) bond motifs is 1. The fourth-order valence-electron chi connectivity index (χ4n) is 3.54. The van der Waals surface area contributed by atoms with Crippen LogP contribution in [0, 0.1) is 13.8 Å². The van der Waals surface area contributed by atoms with E-state index in [4.69, 9.17) is 9.72 Å². The van der Waals surface area contributed by atoms with Gasteiger partial charge >= 0.3 is 0 Å². The Labute approximate surface area is 196 Å². The number of rotatable bonds is 6. The second kappa shape index (κ2) is 9.50. The minimum atomic E-state index is -0.499. The Hall–Kier alpha value is -3.58. The Balaban J connectivity index is 1.74. The van der Waals surface area contributed by atoms with E-state index in [2.05, 4.69) is 5.32 Å². The van der Waals surface area contributed by atoms with E-state index < -0.39 is 5.25 Å². The smallest absolute Gasteiger partial charge is 0.266 e. The van der Waals surface area contributed by atoms with E-state index in [1.54, 1.807) is 36.8 Å². The van der Waals surface area contributed by atoms with Crippen molar-refractivity contribution in [3.8, 4) is 11.4 Å². The maximum absolute atomic E-state index is 13.5. The summed E-state index contributed by atoms with van der Waals surface area (Å²) >= 11 is 1.25. The number of hydrogen-bond acceptors (Lipinski definition) is 5. The normalized spacial score (nSPS) is 11.9. The standard InChI is InChI=1S/C26H25N3O3S/c1-16-9-7-14-23(17(16)2)29-25(31)21-12-5-6-13-22(21)28-26(29)33-18(3)24(30)27-19-10-8-11-20(15-19)32-4/h5-15,18H,1-4H3,(H,27,30). The van der Waals surface area contributed by atoms with Crippen LogP contribution in [-0.4, -0.2) is 27.8 Å². The molecule has 0 aliphatic rings. The lowest BCUT2D eigenvalue weighted by Crippen LogP contribution is -2.26. The molecular weight excluding hydrogens is 434 g/mol. The molecule has 0 fully saturated rings. The molecule has 0 aliphatic carbocycles. The number of carbonyl (C=O) groups excluding carboxylic acids is 1. The molecule has 0 bridgehead atoms. The molecule has 0 spiro atoms. The number of hydrogen-bond donors (Lipinski definition) is 1. The molecule has 7 heteroatoms. The molecule has 1 heterocycles. The van der Waals surface area contributed by atoms with E-state index in [-0.39, 0.29) is 11.5 Å². The number of methoxy groups -OCH3 is 1. The van der Waals surface area contributed by atoms with Gasteiger partial charge in [-0.15, -0.1) is 0 Å². The molecule has 4 aromatic rings. The quantitative estimate of drug-likeness (QED) is 0.320. The van der Waals surface area contributed by atoms with Crippen molar-refractivity contribution in [1.82, 2.24) is 9.55 Å². The topological polar surface area (TPSA) is 73.2 Å². The number of thioether (sulfide) groups is 1. The fraction of sp³-hybridized carbons (Fsp3) is 0.192. The first-order valence-electron chi connectivity index (χ1n) is 10.6. The van der Waals surface area contributed by atoms with Gasteiger partial charge in [0.15, 0.2) is 5.16 Å². The number of carbonyl (C=O) groups is 1. The number of ether oxygens (including phenoxy) is 1. The average Bonchev–Trinajstić information content (AvgIpc) is 2.81. The molecule has 0 saturated heterocycles. The third-order valence-corrected chi connectivity index (χ3v) is 6.60. The third-order valence-electron chi connectivity index (χ3n) is 5.55. The molecule has 6 nitrogen and oxygen atoms in total. The van der Waals surface area contributed by atoms with Gasteiger partial charge in [-0.3, -0.25) is 14.2 Å². The zero-order valence-electron chi connectivity index (χ0n) is 19.0. The molecule has 3 aromatic carbocycles. The summed E-state index contributed by atoms with van der Waals surface area (Å²) in [5.41, 5.74) is 3.93. The van der Waals surface area contributed by atoms with Gasteiger partial charge in [0.2, 0.25) is 5.91 Å². The lowest BCUT2D eigenvalue weighted by Gasteiger charge is -2.18. The molecule has 0 aliphatic heterocycles. The van der Waals surface area contributed by atoms with Crippen LogP contribution in [-0.2, 0) is 4.79 Å². The number of amides is 1. The Morgan fingerprint density at radius 3 is 2.61 bits per heavy atom. The number of para-hydroxylation sites is 1. The molecular formula is C26H25N3O3S. The van der Waals surface area contributed by atoms with Crippen molar-refractivity contribution in [2.24, 2.45) is 0 Å². The van der Waals surface area contributed by atoms with Crippen molar-refractivity contribution in [3.63, 3.8) is 0 Å². The SMILES string of the molecule is COc1cccc(NC(=O)C(C)Sc2nc3ccccc3c(=O)n2-c2cccc(C)c2C)c1. The zero-order valence-corrected chi connectivity index (χ0v) is 19.8. The van der Waals surface area contributed by atoms with Crippen LogP contribution in [0.1, 0.15) is 18.1 Å². The lowest BCUT2D eigenvalue weighted by molar-refractivity contribution is -0.115. The summed E-state index contributed by atoms with van der Waals surface area (Å²) in [5.74, 6) is 0.469. The summed E-state index contributed by atoms with van der Waals surface area (Å²) in [6.07, 6.45) is 0. The van der Waals surface area contributed by atoms with E-state index in [0.29, 0.717) is 27.5 Å². The zero-order chi connectivity index (χ0) is 23.5. The summed E-state index contributed by atoms with van der Waals surface area (Å²) in [4.78, 5) is 31.2. The highest BCUT2D eigenvalue weighted by Gasteiger charge is 2.21. The Bertz CT molecular complexity index is 1400. The highest BCUT2D eigenvalue weighted by atomic mass is 32.2. The van der Waals surface area contributed by atoms with Gasteiger partial charge in [0, 0.05) is 11.8 Å². The maximum Gasteiger partial charge on any atom is 0.266 e. The minimum Gasteiger partial charge on any atom is -0.497 e. The number of benzene rings is 3. The highest BCUT2D eigenvalue weighted by molar-refractivity contribution is 8.00. The lowest BCUT2D eigenvalue weighted by atomic mass is 10.1. The molecule has 168 valence electrons. The summed E-state index contributed by atoms with van der Waals surface area (Å²) in [7, 11) is 1.58. The second-order valence-electron chi connectivity index (χ2n) is 7.75. The second-order valence-corrected chi connectivity index (χ2v) is 9.06. The summed E-state index contributed by atoms with van der Waals surface area (Å²) in [6, 6.07) is 20.3. The summed E-state index contributed by atoms with van der Waals surface area (Å²) in [5, 5.41) is 3.42. The van der Waals surface area contributed by atoms with Gasteiger partial charge in [0.1, 0.15) is 5.75 Å². The molecule has 1 unspecified atom stereocenters. The van der Waals surface area contributed by atoms with Crippen molar-refractivity contribution in [1.29, 1.82) is 0 Å². The van der Waals surface area contributed by atoms with Crippen LogP contribution in [0.3, 0.4) is 0 Å². The van der Waals surface area contributed by atoms with Gasteiger partial charge in [0.05, 0.1) is 29.0 Å². The number of nitrogens with zero attached hydrogens (tertiary/aromatic N) is 2. The van der Waals surface area contributed by atoms with E-state index in [9.17, 15) is 9.59 Å². The van der Waals surface area contributed by atoms with E-state index in [0.717, 1.165) is 16.8 Å². The Kier molecular flexibility index (Phi) is 6.51. The molecule has 0 radical (unpaired) electrons. The predicted molar refractivity (Wildman–Crippen MR) is 134 cm³/mol. The first kappa shape index (κ1) is 22.6. The van der Waals surface area contributed by atoms with Crippen LogP contribution in [0.15, 0.2) is 76.7 Å². The number of aryl methyl sites for hydroxylation is 1. The van der Waals surface area contributed by atoms with E-state index in [1.807, 2.05) is 62.4 Å². The molecule has 1 N–H and O–H groups in total. The third kappa shape index (κ3) is 4.64. The van der Waals surface area contributed by atoms with Crippen LogP contribution in [0.25, 0.3) is 16.6 Å².